The van der Waals surface area contributed by atoms with Gasteiger partial charge in [0.2, 0.25) is 0 Å². The average molecular weight is 377 g/mol. The molecule has 1 aliphatic rings. The minimum absolute atomic E-state index is 0.0104. The number of ether oxygens (including phenoxy) is 2. The van der Waals surface area contributed by atoms with Gasteiger partial charge in [0.25, 0.3) is 5.91 Å². The van der Waals surface area contributed by atoms with Gasteiger partial charge in [-0.25, -0.2) is 4.79 Å². The maximum absolute atomic E-state index is 13.1. The smallest absolute Gasteiger partial charge is 0.349 e. The Kier molecular flexibility index (Phi) is 4.39. The van der Waals surface area contributed by atoms with Gasteiger partial charge < -0.3 is 18.8 Å². The van der Waals surface area contributed by atoms with Crippen molar-refractivity contribution in [3.8, 4) is 11.5 Å². The Morgan fingerprint density at radius 2 is 1.82 bits per heavy atom. The molecule has 0 saturated carbocycles. The lowest BCUT2D eigenvalue weighted by Crippen LogP contribution is -2.36. The van der Waals surface area contributed by atoms with Crippen LogP contribution < -0.4 is 15.1 Å². The monoisotopic (exact) mass is 377 g/mol. The van der Waals surface area contributed by atoms with Crippen molar-refractivity contribution >= 4 is 22.6 Å². The lowest BCUT2D eigenvalue weighted by atomic mass is 9.95. The number of nitrogens with zero attached hydrogens (tertiary/aromatic N) is 1. The first kappa shape index (κ1) is 17.9. The third kappa shape index (κ3) is 2.83. The van der Waals surface area contributed by atoms with Gasteiger partial charge in [-0.05, 0) is 36.2 Å². The highest BCUT2D eigenvalue weighted by Gasteiger charge is 2.29. The van der Waals surface area contributed by atoms with Crippen molar-refractivity contribution in [2.24, 2.45) is 0 Å². The van der Waals surface area contributed by atoms with Crippen LogP contribution >= 0.6 is 0 Å². The molecule has 0 fully saturated rings. The summed E-state index contributed by atoms with van der Waals surface area (Å²) >= 11 is 0. The number of rotatable bonds is 3. The first-order valence-electron chi connectivity index (χ1n) is 8.82. The first-order chi connectivity index (χ1) is 13.5. The molecule has 6 heteroatoms. The number of carbonyl (C=O) groups excluding carboxylic acids is 1. The van der Waals surface area contributed by atoms with E-state index < -0.39 is 11.5 Å². The first-order valence-corrected chi connectivity index (χ1v) is 8.82. The van der Waals surface area contributed by atoms with E-state index in [4.69, 9.17) is 13.9 Å². The molecular weight excluding hydrogens is 358 g/mol. The average Bonchev–Trinajstić information content (AvgIpc) is 2.72. The highest BCUT2D eigenvalue weighted by molar-refractivity contribution is 6.01. The third-order valence-electron chi connectivity index (χ3n) is 4.97. The summed E-state index contributed by atoms with van der Waals surface area (Å²) in [5, 5.41) is 0.694. The number of methoxy groups -OCH3 is 2. The van der Waals surface area contributed by atoms with Crippen LogP contribution in [0, 0.1) is 0 Å². The topological polar surface area (TPSA) is 69.0 Å². The van der Waals surface area contributed by atoms with Gasteiger partial charge in [-0.15, -0.1) is 0 Å². The van der Waals surface area contributed by atoms with Crippen LogP contribution in [0.25, 0.3) is 16.7 Å². The van der Waals surface area contributed by atoms with Gasteiger partial charge in [-0.3, -0.25) is 4.79 Å². The zero-order chi connectivity index (χ0) is 19.8. The number of hydrogen-bond acceptors (Lipinski definition) is 5. The van der Waals surface area contributed by atoms with Crippen LogP contribution in [-0.2, 0) is 6.42 Å². The number of fused-ring (bicyclic) bond motifs is 2. The molecule has 1 aromatic heterocycles. The predicted octanol–water partition coefficient (Wildman–Crippen LogP) is 3.48. The standard InChI is InChI=1S/C22H19NO5/c1-13-16-12-20(27-3)19(26-2)11-14(16)8-9-23(13)21(24)17-10-15-6-4-5-7-18(15)28-22(17)25/h4-7,10-12H,1,8-9H2,2-3H3. The Balaban J connectivity index is 1.73. The summed E-state index contributed by atoms with van der Waals surface area (Å²) in [7, 11) is 3.13. The molecule has 0 unspecified atom stereocenters. The van der Waals surface area contributed by atoms with Crippen LogP contribution in [0.5, 0.6) is 11.5 Å². The van der Waals surface area contributed by atoms with E-state index in [1.54, 1.807) is 44.6 Å². The van der Waals surface area contributed by atoms with Crippen LogP contribution in [0.2, 0.25) is 0 Å². The summed E-state index contributed by atoms with van der Waals surface area (Å²) in [6.07, 6.45) is 0.610. The number of benzene rings is 2. The molecule has 1 aliphatic heterocycles. The van der Waals surface area contributed by atoms with E-state index in [1.807, 2.05) is 12.1 Å². The van der Waals surface area contributed by atoms with Gasteiger partial charge in [0.05, 0.1) is 14.2 Å². The summed E-state index contributed by atoms with van der Waals surface area (Å²) < 4.78 is 16.0. The third-order valence-corrected chi connectivity index (χ3v) is 4.97. The maximum Gasteiger partial charge on any atom is 0.349 e. The van der Waals surface area contributed by atoms with Gasteiger partial charge in [0.15, 0.2) is 11.5 Å². The van der Waals surface area contributed by atoms with Crippen LogP contribution in [0.3, 0.4) is 0 Å². The fourth-order valence-electron chi connectivity index (χ4n) is 3.49. The molecule has 3 aromatic rings. The minimum atomic E-state index is -0.658. The highest BCUT2D eigenvalue weighted by Crippen LogP contribution is 2.37. The van der Waals surface area contributed by atoms with Crippen molar-refractivity contribution in [1.29, 1.82) is 0 Å². The van der Waals surface area contributed by atoms with Crippen LogP contribution in [0.4, 0.5) is 0 Å². The van der Waals surface area contributed by atoms with Crippen molar-refractivity contribution in [3.63, 3.8) is 0 Å². The molecular formula is C22H19NO5. The zero-order valence-corrected chi connectivity index (χ0v) is 15.7. The zero-order valence-electron chi connectivity index (χ0n) is 15.7. The second-order valence-electron chi connectivity index (χ2n) is 6.50. The van der Waals surface area contributed by atoms with Crippen molar-refractivity contribution in [2.75, 3.05) is 20.8 Å². The molecule has 0 atom stereocenters. The molecule has 0 bridgehead atoms. The lowest BCUT2D eigenvalue weighted by molar-refractivity contribution is 0.0829. The molecule has 0 radical (unpaired) electrons. The molecule has 0 spiro atoms. The molecule has 6 nitrogen and oxygen atoms in total. The number of hydrogen-bond donors (Lipinski definition) is 0. The summed E-state index contributed by atoms with van der Waals surface area (Å²) in [5.41, 5.74) is 2.10. The Hall–Kier alpha value is -3.54. The Labute approximate surface area is 161 Å². The summed E-state index contributed by atoms with van der Waals surface area (Å²) in [5.74, 6) is 0.760. The van der Waals surface area contributed by atoms with Gasteiger partial charge in [-0.2, -0.15) is 0 Å². The van der Waals surface area contributed by atoms with Gasteiger partial charge in [-0.1, -0.05) is 24.8 Å². The SMILES string of the molecule is C=C1c2cc(OC)c(OC)cc2CCN1C(=O)c1cc2ccccc2oc1=O. The second-order valence-corrected chi connectivity index (χ2v) is 6.50. The van der Waals surface area contributed by atoms with E-state index in [-0.39, 0.29) is 5.56 Å². The van der Waals surface area contributed by atoms with Gasteiger partial charge in [0.1, 0.15) is 11.1 Å². The second kappa shape index (κ2) is 6.88. The fraction of sp³-hybridized carbons (Fsp3) is 0.182. The molecule has 2 heterocycles. The number of amides is 1. The van der Waals surface area contributed by atoms with Crippen molar-refractivity contribution in [3.05, 3.63) is 76.2 Å². The van der Waals surface area contributed by atoms with E-state index in [9.17, 15) is 9.59 Å². The highest BCUT2D eigenvalue weighted by atomic mass is 16.5. The van der Waals surface area contributed by atoms with Gasteiger partial charge >= 0.3 is 5.63 Å². The molecule has 0 saturated heterocycles. The molecule has 4 rings (SSSR count). The Morgan fingerprint density at radius 1 is 1.11 bits per heavy atom. The summed E-state index contributed by atoms with van der Waals surface area (Å²) in [6.45, 7) is 4.49. The van der Waals surface area contributed by atoms with E-state index in [0.29, 0.717) is 41.1 Å². The van der Waals surface area contributed by atoms with Crippen LogP contribution in [0.15, 0.2) is 58.3 Å². The Bertz CT molecular complexity index is 1160. The Morgan fingerprint density at radius 3 is 2.57 bits per heavy atom. The molecule has 28 heavy (non-hydrogen) atoms. The van der Waals surface area contributed by atoms with Crippen LogP contribution in [-0.4, -0.2) is 31.6 Å². The van der Waals surface area contributed by atoms with Crippen molar-refractivity contribution in [2.45, 2.75) is 6.42 Å². The summed E-state index contributed by atoms with van der Waals surface area (Å²) in [4.78, 5) is 27.0. The normalized spacial score (nSPS) is 13.4. The van der Waals surface area contributed by atoms with E-state index in [1.165, 1.54) is 4.90 Å². The molecule has 0 N–H and O–H groups in total. The van der Waals surface area contributed by atoms with Crippen molar-refractivity contribution in [1.82, 2.24) is 4.90 Å². The van der Waals surface area contributed by atoms with E-state index >= 15 is 0 Å². The predicted molar refractivity (Wildman–Crippen MR) is 106 cm³/mol. The lowest BCUT2D eigenvalue weighted by Gasteiger charge is -2.31. The van der Waals surface area contributed by atoms with Crippen LogP contribution in [0.1, 0.15) is 21.5 Å². The van der Waals surface area contributed by atoms with E-state index in [2.05, 4.69) is 6.58 Å². The molecule has 142 valence electrons. The molecule has 0 aliphatic carbocycles. The van der Waals surface area contributed by atoms with Gasteiger partial charge in [0, 0.05) is 23.2 Å². The van der Waals surface area contributed by atoms with Crippen molar-refractivity contribution < 1.29 is 18.7 Å². The van der Waals surface area contributed by atoms with E-state index in [0.717, 1.165) is 11.1 Å². The maximum atomic E-state index is 13.1. The molecule has 1 amide bonds. The minimum Gasteiger partial charge on any atom is -0.493 e. The molecule has 2 aromatic carbocycles. The largest absolute Gasteiger partial charge is 0.493 e. The fourth-order valence-corrected chi connectivity index (χ4v) is 3.49. The summed E-state index contributed by atoms with van der Waals surface area (Å²) in [6, 6.07) is 12.4. The number of carbonyl (C=O) groups is 1. The number of para-hydroxylation sites is 1. The quantitative estimate of drug-likeness (QED) is 0.654.